The maximum atomic E-state index is 12.3. The van der Waals surface area contributed by atoms with E-state index in [1.165, 1.54) is 4.68 Å². The van der Waals surface area contributed by atoms with Crippen LogP contribution in [-0.4, -0.2) is 20.7 Å². The lowest BCUT2D eigenvalue weighted by molar-refractivity contribution is 0.0942. The van der Waals surface area contributed by atoms with Crippen molar-refractivity contribution in [3.63, 3.8) is 0 Å². The Morgan fingerprint density at radius 3 is 2.72 bits per heavy atom. The highest BCUT2D eigenvalue weighted by atomic mass is 16.2. The van der Waals surface area contributed by atoms with Crippen LogP contribution in [-0.2, 0) is 6.54 Å². The van der Waals surface area contributed by atoms with Gasteiger partial charge in [0.15, 0.2) is 0 Å². The number of carbonyl (C=O) groups excluding carboxylic acids is 1. The molecule has 0 amide bonds. The van der Waals surface area contributed by atoms with Crippen molar-refractivity contribution in [2.24, 2.45) is 5.73 Å². The van der Waals surface area contributed by atoms with E-state index in [0.717, 1.165) is 0 Å². The molecule has 0 aromatic carbocycles. The quantitative estimate of drug-likeness (QED) is 0.808. The Morgan fingerprint density at radius 2 is 2.17 bits per heavy atom. The van der Waals surface area contributed by atoms with Crippen LogP contribution >= 0.6 is 0 Å². The van der Waals surface area contributed by atoms with Gasteiger partial charge in [0, 0.05) is 18.3 Å². The van der Waals surface area contributed by atoms with Crippen LogP contribution in [0.25, 0.3) is 0 Å². The molecule has 0 bridgehead atoms. The van der Waals surface area contributed by atoms with Crippen molar-refractivity contribution in [2.75, 3.05) is 5.73 Å². The first kappa shape index (κ1) is 12.3. The van der Waals surface area contributed by atoms with Crippen LogP contribution in [0.5, 0.6) is 0 Å². The van der Waals surface area contributed by atoms with E-state index in [1.54, 1.807) is 32.2 Å². The third-order valence-corrected chi connectivity index (χ3v) is 2.81. The first-order chi connectivity index (χ1) is 8.54. The predicted molar refractivity (Wildman–Crippen MR) is 68.0 cm³/mol. The number of hydrogen-bond acceptors (Lipinski definition) is 5. The Kier molecular flexibility index (Phi) is 3.12. The first-order valence-corrected chi connectivity index (χ1v) is 5.56. The number of rotatable bonds is 2. The summed E-state index contributed by atoms with van der Waals surface area (Å²) in [6.07, 6.45) is 1.56. The molecule has 6 nitrogen and oxygen atoms in total. The molecule has 0 spiro atoms. The van der Waals surface area contributed by atoms with Gasteiger partial charge in [0.05, 0.1) is 22.8 Å². The lowest BCUT2D eigenvalue weighted by Gasteiger charge is -2.04. The van der Waals surface area contributed by atoms with Crippen LogP contribution < -0.4 is 11.5 Å². The Hall–Kier alpha value is -2.21. The van der Waals surface area contributed by atoms with E-state index in [-0.39, 0.29) is 5.91 Å². The number of nitrogens with zero attached hydrogens (tertiary/aromatic N) is 3. The number of anilines is 1. The van der Waals surface area contributed by atoms with E-state index in [2.05, 4.69) is 10.1 Å². The smallest absolute Gasteiger partial charge is 0.278 e. The fraction of sp³-hybridized carbons (Fsp3) is 0.250. The second-order valence-corrected chi connectivity index (χ2v) is 4.04. The molecule has 2 heterocycles. The average Bonchev–Trinajstić information content (AvgIpc) is 2.65. The summed E-state index contributed by atoms with van der Waals surface area (Å²) in [5, 5.41) is 4.13. The topological polar surface area (TPSA) is 99.8 Å². The van der Waals surface area contributed by atoms with Crippen molar-refractivity contribution in [3.8, 4) is 0 Å². The molecule has 0 aliphatic rings. The molecule has 0 atom stereocenters. The second kappa shape index (κ2) is 4.58. The van der Waals surface area contributed by atoms with Gasteiger partial charge < -0.3 is 11.5 Å². The molecule has 0 unspecified atom stereocenters. The number of nitrogens with two attached hydrogens (primary N) is 2. The van der Waals surface area contributed by atoms with Gasteiger partial charge in [-0.25, -0.2) is 0 Å². The fourth-order valence-electron chi connectivity index (χ4n) is 1.70. The Labute approximate surface area is 105 Å². The molecule has 0 fully saturated rings. The van der Waals surface area contributed by atoms with Crippen LogP contribution in [0.1, 0.15) is 27.4 Å². The molecule has 6 heteroatoms. The molecule has 4 N–H and O–H groups in total. The lowest BCUT2D eigenvalue weighted by Crippen LogP contribution is -2.16. The molecule has 0 aliphatic heterocycles. The molecule has 0 saturated carbocycles. The molecule has 0 saturated heterocycles. The zero-order chi connectivity index (χ0) is 13.3. The molecular weight excluding hydrogens is 230 g/mol. The van der Waals surface area contributed by atoms with Crippen molar-refractivity contribution < 1.29 is 4.79 Å². The maximum absolute atomic E-state index is 12.3. The lowest BCUT2D eigenvalue weighted by atomic mass is 10.2. The van der Waals surface area contributed by atoms with Gasteiger partial charge in [-0.2, -0.15) is 9.78 Å². The van der Waals surface area contributed by atoms with Gasteiger partial charge in [-0.15, -0.1) is 0 Å². The summed E-state index contributed by atoms with van der Waals surface area (Å²) in [6.45, 7) is 3.82. The average molecular weight is 245 g/mol. The van der Waals surface area contributed by atoms with Crippen LogP contribution in [0.15, 0.2) is 18.3 Å². The zero-order valence-corrected chi connectivity index (χ0v) is 10.3. The standard InChI is InChI=1S/C12H15N5O/c1-7-11(14)8(2)17(16-7)12(18)9-3-4-15-10(5-9)6-13/h3-5H,6,13-14H2,1-2H3. The summed E-state index contributed by atoms with van der Waals surface area (Å²) in [4.78, 5) is 16.3. The van der Waals surface area contributed by atoms with Gasteiger partial charge in [-0.05, 0) is 26.0 Å². The Balaban J connectivity index is 2.44. The Bertz CT molecular complexity index is 603. The molecule has 18 heavy (non-hydrogen) atoms. The van der Waals surface area contributed by atoms with Crippen LogP contribution in [0.4, 0.5) is 5.69 Å². The van der Waals surface area contributed by atoms with Gasteiger partial charge in [-0.1, -0.05) is 0 Å². The van der Waals surface area contributed by atoms with Crippen LogP contribution in [0, 0.1) is 13.8 Å². The molecule has 2 aromatic heterocycles. The number of aryl methyl sites for hydroxylation is 1. The summed E-state index contributed by atoms with van der Waals surface area (Å²) in [7, 11) is 0. The van der Waals surface area contributed by atoms with Gasteiger partial charge >= 0.3 is 0 Å². The summed E-state index contributed by atoms with van der Waals surface area (Å²) < 4.78 is 1.31. The zero-order valence-electron chi connectivity index (χ0n) is 10.3. The van der Waals surface area contributed by atoms with E-state index >= 15 is 0 Å². The third kappa shape index (κ3) is 1.98. The van der Waals surface area contributed by atoms with Crippen molar-refractivity contribution in [3.05, 3.63) is 41.0 Å². The predicted octanol–water partition coefficient (Wildman–Crippen LogP) is 0.624. The number of carbonyl (C=O) groups is 1. The van der Waals surface area contributed by atoms with Crippen LogP contribution in [0.3, 0.4) is 0 Å². The number of hydrogen-bond donors (Lipinski definition) is 2. The van der Waals surface area contributed by atoms with Crippen molar-refractivity contribution >= 4 is 11.6 Å². The minimum absolute atomic E-state index is 0.232. The highest BCUT2D eigenvalue weighted by molar-refractivity contribution is 5.96. The monoisotopic (exact) mass is 245 g/mol. The van der Waals surface area contributed by atoms with Crippen LogP contribution in [0.2, 0.25) is 0 Å². The summed E-state index contributed by atoms with van der Waals surface area (Å²) in [5.74, 6) is -0.232. The minimum atomic E-state index is -0.232. The van der Waals surface area contributed by atoms with Crippen molar-refractivity contribution in [1.82, 2.24) is 14.8 Å². The van der Waals surface area contributed by atoms with E-state index in [4.69, 9.17) is 11.5 Å². The highest BCUT2D eigenvalue weighted by Crippen LogP contribution is 2.16. The number of aromatic nitrogens is 3. The number of nitrogen functional groups attached to an aromatic ring is 1. The molecule has 0 aliphatic carbocycles. The largest absolute Gasteiger partial charge is 0.396 e. The highest BCUT2D eigenvalue weighted by Gasteiger charge is 2.16. The summed E-state index contributed by atoms with van der Waals surface area (Å²) in [5.41, 5.74) is 14.3. The normalized spacial score (nSPS) is 10.6. The summed E-state index contributed by atoms with van der Waals surface area (Å²) >= 11 is 0. The molecule has 0 radical (unpaired) electrons. The maximum Gasteiger partial charge on any atom is 0.278 e. The summed E-state index contributed by atoms with van der Waals surface area (Å²) in [6, 6.07) is 3.29. The second-order valence-electron chi connectivity index (χ2n) is 4.04. The van der Waals surface area contributed by atoms with E-state index in [1.807, 2.05) is 0 Å². The van der Waals surface area contributed by atoms with Crippen molar-refractivity contribution in [2.45, 2.75) is 20.4 Å². The van der Waals surface area contributed by atoms with E-state index in [9.17, 15) is 4.79 Å². The Morgan fingerprint density at radius 1 is 1.44 bits per heavy atom. The third-order valence-electron chi connectivity index (χ3n) is 2.81. The molecule has 2 aromatic rings. The van der Waals surface area contributed by atoms with Gasteiger partial charge in [0.2, 0.25) is 0 Å². The minimum Gasteiger partial charge on any atom is -0.396 e. The molecule has 94 valence electrons. The fourth-order valence-corrected chi connectivity index (χ4v) is 1.70. The van der Waals surface area contributed by atoms with Gasteiger partial charge in [0.25, 0.3) is 5.91 Å². The van der Waals surface area contributed by atoms with E-state index in [0.29, 0.717) is 34.9 Å². The molecular formula is C12H15N5O. The molecule has 2 rings (SSSR count). The first-order valence-electron chi connectivity index (χ1n) is 5.56. The van der Waals surface area contributed by atoms with Gasteiger partial charge in [0.1, 0.15) is 0 Å². The van der Waals surface area contributed by atoms with E-state index < -0.39 is 0 Å². The van der Waals surface area contributed by atoms with Gasteiger partial charge in [-0.3, -0.25) is 9.78 Å². The van der Waals surface area contributed by atoms with Crippen molar-refractivity contribution in [1.29, 1.82) is 0 Å². The SMILES string of the molecule is Cc1nn(C(=O)c2ccnc(CN)c2)c(C)c1N. The number of pyridine rings is 1.